The van der Waals surface area contributed by atoms with Gasteiger partial charge in [-0.2, -0.15) is 0 Å². The number of aromatic nitrogens is 3. The van der Waals surface area contributed by atoms with Crippen molar-refractivity contribution >= 4 is 28.2 Å². The predicted octanol–water partition coefficient (Wildman–Crippen LogP) is 3.20. The molecular weight excluding hydrogens is 350 g/mol. The molecule has 1 fully saturated rings. The molecule has 4 aromatic rings. The van der Waals surface area contributed by atoms with Crippen molar-refractivity contribution in [1.82, 2.24) is 14.4 Å². The van der Waals surface area contributed by atoms with Gasteiger partial charge in [-0.15, -0.1) is 0 Å². The minimum absolute atomic E-state index is 0.469. The van der Waals surface area contributed by atoms with Gasteiger partial charge in [-0.3, -0.25) is 4.40 Å². The summed E-state index contributed by atoms with van der Waals surface area (Å²) in [7, 11) is 0. The maximum Gasteiger partial charge on any atom is 0.206 e. The largest absolute Gasteiger partial charge is 0.378 e. The molecule has 6 heteroatoms. The summed E-state index contributed by atoms with van der Waals surface area (Å²) in [6, 6.07) is 14.7. The van der Waals surface area contributed by atoms with E-state index in [2.05, 4.69) is 40.2 Å². The molecule has 2 aromatic heterocycles. The maximum atomic E-state index is 6.23. The van der Waals surface area contributed by atoms with Gasteiger partial charge in [-0.25, -0.2) is 9.97 Å². The lowest BCUT2D eigenvalue weighted by Gasteiger charge is -2.30. The van der Waals surface area contributed by atoms with E-state index in [4.69, 9.17) is 15.5 Å². The fourth-order valence-corrected chi connectivity index (χ4v) is 4.00. The summed E-state index contributed by atoms with van der Waals surface area (Å²) in [6.07, 6.45) is 2.76. The molecule has 142 valence electrons. The standard InChI is InChI=1S/C22H23N5O/c1-15-5-4-7-18-20(15)25-22(23)27-14-17(24-21(18)27)13-16-6-2-3-8-19(16)26-9-11-28-12-10-26/h2-8,14H,9-13H2,1H3,(H2,23,25). The SMILES string of the molecule is Cc1cccc2c1nc(N)n1cc(Cc3ccccc3N3CCOCC3)nc21. The molecule has 0 bridgehead atoms. The molecule has 28 heavy (non-hydrogen) atoms. The van der Waals surface area contributed by atoms with E-state index in [1.54, 1.807) is 0 Å². The van der Waals surface area contributed by atoms with Crippen LogP contribution in [0.2, 0.25) is 0 Å². The van der Waals surface area contributed by atoms with Gasteiger partial charge in [0.15, 0.2) is 0 Å². The summed E-state index contributed by atoms with van der Waals surface area (Å²) in [4.78, 5) is 11.9. The van der Waals surface area contributed by atoms with Crippen LogP contribution < -0.4 is 10.6 Å². The van der Waals surface area contributed by atoms with Gasteiger partial charge in [0, 0.05) is 36.8 Å². The van der Waals surface area contributed by atoms with Crippen molar-refractivity contribution in [1.29, 1.82) is 0 Å². The monoisotopic (exact) mass is 373 g/mol. The Kier molecular flexibility index (Phi) is 4.13. The Labute approximate surface area is 163 Å². The molecule has 1 aliphatic heterocycles. The van der Waals surface area contributed by atoms with Crippen molar-refractivity contribution in [2.24, 2.45) is 0 Å². The highest BCUT2D eigenvalue weighted by Gasteiger charge is 2.16. The van der Waals surface area contributed by atoms with Crippen LogP contribution in [-0.2, 0) is 11.2 Å². The molecule has 0 spiro atoms. The number of ether oxygens (including phenoxy) is 1. The Morgan fingerprint density at radius 1 is 1.04 bits per heavy atom. The number of nitrogens with zero attached hydrogens (tertiary/aromatic N) is 4. The topological polar surface area (TPSA) is 68.7 Å². The van der Waals surface area contributed by atoms with Gasteiger partial charge in [0.25, 0.3) is 0 Å². The first kappa shape index (κ1) is 17.0. The van der Waals surface area contributed by atoms with Gasteiger partial charge in [0.05, 0.1) is 24.4 Å². The van der Waals surface area contributed by atoms with Gasteiger partial charge >= 0.3 is 0 Å². The van der Waals surface area contributed by atoms with E-state index >= 15 is 0 Å². The molecule has 1 aliphatic rings. The lowest BCUT2D eigenvalue weighted by molar-refractivity contribution is 0.122. The average molecular weight is 373 g/mol. The van der Waals surface area contributed by atoms with Crippen LogP contribution in [0.3, 0.4) is 0 Å². The number of aryl methyl sites for hydroxylation is 1. The molecule has 0 aliphatic carbocycles. The second-order valence-corrected chi connectivity index (χ2v) is 7.27. The Hall–Kier alpha value is -3.12. The number of nitrogens with two attached hydrogens (primary N) is 1. The van der Waals surface area contributed by atoms with Crippen molar-refractivity contribution in [2.45, 2.75) is 13.3 Å². The number of para-hydroxylation sites is 2. The summed E-state index contributed by atoms with van der Waals surface area (Å²) in [6.45, 7) is 5.44. The molecule has 2 aromatic carbocycles. The zero-order chi connectivity index (χ0) is 19.1. The van der Waals surface area contributed by atoms with Gasteiger partial charge in [-0.1, -0.05) is 30.3 Å². The first-order valence-electron chi connectivity index (χ1n) is 9.64. The van der Waals surface area contributed by atoms with Gasteiger partial charge in [-0.05, 0) is 30.2 Å². The number of imidazole rings is 1. The van der Waals surface area contributed by atoms with E-state index in [-0.39, 0.29) is 0 Å². The lowest BCUT2D eigenvalue weighted by Crippen LogP contribution is -2.36. The van der Waals surface area contributed by atoms with Gasteiger partial charge in [0.2, 0.25) is 5.95 Å². The Morgan fingerprint density at radius 3 is 2.71 bits per heavy atom. The molecule has 5 rings (SSSR count). The fraction of sp³-hybridized carbons (Fsp3) is 0.273. The highest BCUT2D eigenvalue weighted by atomic mass is 16.5. The molecule has 6 nitrogen and oxygen atoms in total. The average Bonchev–Trinajstić information content (AvgIpc) is 3.15. The number of benzene rings is 2. The highest BCUT2D eigenvalue weighted by Crippen LogP contribution is 2.27. The van der Waals surface area contributed by atoms with Crippen molar-refractivity contribution in [2.75, 3.05) is 36.9 Å². The minimum atomic E-state index is 0.469. The van der Waals surface area contributed by atoms with E-state index in [9.17, 15) is 0 Å². The zero-order valence-corrected chi connectivity index (χ0v) is 15.9. The summed E-state index contributed by atoms with van der Waals surface area (Å²) in [5.41, 5.74) is 12.6. The van der Waals surface area contributed by atoms with Crippen molar-refractivity contribution < 1.29 is 4.74 Å². The van der Waals surface area contributed by atoms with Crippen molar-refractivity contribution in [3.8, 4) is 0 Å². The van der Waals surface area contributed by atoms with E-state index in [0.717, 1.165) is 60.5 Å². The molecule has 0 atom stereocenters. The molecule has 2 N–H and O–H groups in total. The molecule has 0 saturated carbocycles. The number of nitrogen functional groups attached to an aromatic ring is 1. The molecule has 0 amide bonds. The normalized spacial score (nSPS) is 14.8. The second-order valence-electron chi connectivity index (χ2n) is 7.27. The van der Waals surface area contributed by atoms with Crippen molar-refractivity contribution in [3.05, 3.63) is 65.5 Å². The first-order chi connectivity index (χ1) is 13.7. The van der Waals surface area contributed by atoms with Crippen LogP contribution >= 0.6 is 0 Å². The first-order valence-corrected chi connectivity index (χ1v) is 9.64. The quantitative estimate of drug-likeness (QED) is 0.597. The number of rotatable bonds is 3. The third kappa shape index (κ3) is 2.86. The fourth-order valence-electron chi connectivity index (χ4n) is 4.00. The van der Waals surface area contributed by atoms with Crippen LogP contribution in [0.25, 0.3) is 16.6 Å². The molecule has 3 heterocycles. The summed E-state index contributed by atoms with van der Waals surface area (Å²) in [5.74, 6) is 0.469. The third-order valence-corrected chi connectivity index (χ3v) is 5.42. The van der Waals surface area contributed by atoms with Crippen LogP contribution in [0.15, 0.2) is 48.7 Å². The minimum Gasteiger partial charge on any atom is -0.378 e. The zero-order valence-electron chi connectivity index (χ0n) is 15.9. The lowest BCUT2D eigenvalue weighted by atomic mass is 10.1. The number of hydrogen-bond acceptors (Lipinski definition) is 5. The second kappa shape index (κ2) is 6.80. The molecule has 1 saturated heterocycles. The Bertz CT molecular complexity index is 1160. The third-order valence-electron chi connectivity index (χ3n) is 5.42. The van der Waals surface area contributed by atoms with E-state index in [0.29, 0.717) is 5.95 Å². The number of morpholine rings is 1. The Morgan fingerprint density at radius 2 is 1.86 bits per heavy atom. The predicted molar refractivity (Wildman–Crippen MR) is 112 cm³/mol. The Balaban J connectivity index is 1.57. The summed E-state index contributed by atoms with van der Waals surface area (Å²) in [5, 5.41) is 1.03. The van der Waals surface area contributed by atoms with Gasteiger partial charge < -0.3 is 15.4 Å². The number of fused-ring (bicyclic) bond motifs is 3. The molecular formula is C22H23N5O. The smallest absolute Gasteiger partial charge is 0.206 e. The van der Waals surface area contributed by atoms with E-state index in [1.807, 2.05) is 29.7 Å². The van der Waals surface area contributed by atoms with Crippen molar-refractivity contribution in [3.63, 3.8) is 0 Å². The highest BCUT2D eigenvalue weighted by molar-refractivity contribution is 5.94. The van der Waals surface area contributed by atoms with Crippen LogP contribution in [0, 0.1) is 6.92 Å². The van der Waals surface area contributed by atoms with Crippen LogP contribution in [0.1, 0.15) is 16.8 Å². The molecule has 0 unspecified atom stereocenters. The van der Waals surface area contributed by atoms with Crippen LogP contribution in [0.5, 0.6) is 0 Å². The van der Waals surface area contributed by atoms with Crippen LogP contribution in [-0.4, -0.2) is 40.7 Å². The number of hydrogen-bond donors (Lipinski definition) is 1. The van der Waals surface area contributed by atoms with Gasteiger partial charge in [0.1, 0.15) is 5.65 Å². The maximum absolute atomic E-state index is 6.23. The van der Waals surface area contributed by atoms with E-state index in [1.165, 1.54) is 11.3 Å². The number of anilines is 2. The summed E-state index contributed by atoms with van der Waals surface area (Å²) < 4.78 is 7.40. The van der Waals surface area contributed by atoms with Crippen LogP contribution in [0.4, 0.5) is 11.6 Å². The molecule has 0 radical (unpaired) electrons. The van der Waals surface area contributed by atoms with E-state index < -0.39 is 0 Å². The summed E-state index contributed by atoms with van der Waals surface area (Å²) >= 11 is 0.